The standard InChI is InChI=1S/C19H19Cl2N3O3/c1-4-27-17-14(20)8-13(9-15(17)21)10-22-24-19(26)18(25)23-16-11(2)6-5-7-12(16)3/h5-10H,4H2,1-3H3,(H,23,25)(H,24,26)/b22-10-. The number of nitrogens with one attached hydrogen (secondary N) is 2. The lowest BCUT2D eigenvalue weighted by molar-refractivity contribution is -0.136. The molecule has 0 aliphatic carbocycles. The highest BCUT2D eigenvalue weighted by molar-refractivity contribution is 6.40. The average molecular weight is 408 g/mol. The first kappa shape index (κ1) is 20.7. The van der Waals surface area contributed by atoms with E-state index in [2.05, 4.69) is 15.8 Å². The Labute approximate surface area is 167 Å². The van der Waals surface area contributed by atoms with E-state index >= 15 is 0 Å². The zero-order valence-electron chi connectivity index (χ0n) is 15.1. The minimum Gasteiger partial charge on any atom is -0.491 e. The minimum atomic E-state index is -0.892. The first-order valence-corrected chi connectivity index (χ1v) is 8.91. The van der Waals surface area contributed by atoms with Crippen molar-refractivity contribution in [3.05, 3.63) is 57.1 Å². The Morgan fingerprint density at radius 1 is 1.11 bits per heavy atom. The lowest BCUT2D eigenvalue weighted by Crippen LogP contribution is -2.32. The molecule has 8 heteroatoms. The molecule has 0 saturated heterocycles. The van der Waals surface area contributed by atoms with Crippen molar-refractivity contribution in [3.63, 3.8) is 0 Å². The predicted molar refractivity (Wildman–Crippen MR) is 108 cm³/mol. The quantitative estimate of drug-likeness (QED) is 0.444. The minimum absolute atomic E-state index is 0.324. The molecule has 0 aliphatic heterocycles. The number of rotatable bonds is 5. The van der Waals surface area contributed by atoms with Crippen molar-refractivity contribution in [2.45, 2.75) is 20.8 Å². The Kier molecular flexibility index (Phi) is 7.21. The van der Waals surface area contributed by atoms with Crippen LogP contribution in [-0.4, -0.2) is 24.6 Å². The molecule has 0 saturated carbocycles. The lowest BCUT2D eigenvalue weighted by atomic mass is 10.1. The van der Waals surface area contributed by atoms with Crippen molar-refractivity contribution >= 4 is 46.9 Å². The molecule has 0 fully saturated rings. The SMILES string of the molecule is CCOc1c(Cl)cc(/C=N\NC(=O)C(=O)Nc2c(C)cccc2C)cc1Cl. The fourth-order valence-corrected chi connectivity index (χ4v) is 2.95. The smallest absolute Gasteiger partial charge is 0.329 e. The number of hydrogen-bond acceptors (Lipinski definition) is 4. The van der Waals surface area contributed by atoms with E-state index in [1.807, 2.05) is 39.0 Å². The van der Waals surface area contributed by atoms with Crippen LogP contribution in [0.1, 0.15) is 23.6 Å². The fourth-order valence-electron chi connectivity index (χ4n) is 2.33. The molecule has 0 bridgehead atoms. The van der Waals surface area contributed by atoms with Crippen molar-refractivity contribution in [2.24, 2.45) is 5.10 Å². The molecule has 2 aromatic rings. The monoisotopic (exact) mass is 407 g/mol. The van der Waals surface area contributed by atoms with E-state index in [1.165, 1.54) is 6.21 Å². The van der Waals surface area contributed by atoms with Crippen molar-refractivity contribution in [1.82, 2.24) is 5.43 Å². The second-order valence-corrected chi connectivity index (χ2v) is 6.48. The predicted octanol–water partition coefficient (Wildman–Crippen LogP) is 4.10. The molecule has 0 aromatic heterocycles. The molecule has 0 atom stereocenters. The number of ether oxygens (including phenoxy) is 1. The van der Waals surface area contributed by atoms with Gasteiger partial charge in [-0.1, -0.05) is 41.4 Å². The largest absolute Gasteiger partial charge is 0.491 e. The maximum atomic E-state index is 12.0. The van der Waals surface area contributed by atoms with Crippen LogP contribution in [0, 0.1) is 13.8 Å². The Bertz CT molecular complexity index is 855. The molecule has 2 aromatic carbocycles. The van der Waals surface area contributed by atoms with Crippen LogP contribution in [0.2, 0.25) is 10.0 Å². The molecule has 0 aliphatic rings. The van der Waals surface area contributed by atoms with Crippen molar-refractivity contribution in [2.75, 3.05) is 11.9 Å². The van der Waals surface area contributed by atoms with Crippen LogP contribution in [0.25, 0.3) is 0 Å². The van der Waals surface area contributed by atoms with Crippen LogP contribution in [-0.2, 0) is 9.59 Å². The number of aryl methyl sites for hydroxylation is 2. The van der Waals surface area contributed by atoms with Crippen LogP contribution >= 0.6 is 23.2 Å². The number of hydrazone groups is 1. The van der Waals surface area contributed by atoms with Gasteiger partial charge in [-0.2, -0.15) is 5.10 Å². The van der Waals surface area contributed by atoms with Crippen molar-refractivity contribution in [1.29, 1.82) is 0 Å². The molecule has 0 spiro atoms. The summed E-state index contributed by atoms with van der Waals surface area (Å²) in [7, 11) is 0. The van der Waals surface area contributed by atoms with Crippen LogP contribution in [0.15, 0.2) is 35.4 Å². The van der Waals surface area contributed by atoms with Gasteiger partial charge in [-0.05, 0) is 49.6 Å². The summed E-state index contributed by atoms with van der Waals surface area (Å²) in [5.74, 6) is -1.32. The van der Waals surface area contributed by atoms with E-state index in [0.29, 0.717) is 33.7 Å². The van der Waals surface area contributed by atoms with Gasteiger partial charge in [0.2, 0.25) is 0 Å². The van der Waals surface area contributed by atoms with Gasteiger partial charge < -0.3 is 10.1 Å². The highest BCUT2D eigenvalue weighted by Crippen LogP contribution is 2.33. The van der Waals surface area contributed by atoms with Gasteiger partial charge in [0.05, 0.1) is 22.9 Å². The first-order valence-electron chi connectivity index (χ1n) is 8.16. The van der Waals surface area contributed by atoms with Crippen LogP contribution < -0.4 is 15.5 Å². The number of halogens is 2. The van der Waals surface area contributed by atoms with E-state index < -0.39 is 11.8 Å². The van der Waals surface area contributed by atoms with Gasteiger partial charge in [-0.15, -0.1) is 0 Å². The van der Waals surface area contributed by atoms with Gasteiger partial charge in [0.1, 0.15) is 0 Å². The number of benzene rings is 2. The molecule has 0 unspecified atom stereocenters. The van der Waals surface area contributed by atoms with E-state index in [1.54, 1.807) is 12.1 Å². The maximum Gasteiger partial charge on any atom is 0.329 e. The topological polar surface area (TPSA) is 79.8 Å². The first-order chi connectivity index (χ1) is 12.8. The molecular formula is C19H19Cl2N3O3. The second-order valence-electron chi connectivity index (χ2n) is 5.67. The summed E-state index contributed by atoms with van der Waals surface area (Å²) < 4.78 is 5.34. The molecule has 0 heterocycles. The maximum absolute atomic E-state index is 12.0. The molecule has 27 heavy (non-hydrogen) atoms. The highest BCUT2D eigenvalue weighted by atomic mass is 35.5. The molecular weight excluding hydrogens is 389 g/mol. The number of carbonyl (C=O) groups is 2. The summed E-state index contributed by atoms with van der Waals surface area (Å²) in [5.41, 5.74) is 5.04. The van der Waals surface area contributed by atoms with Crippen LogP contribution in [0.5, 0.6) is 5.75 Å². The Morgan fingerprint density at radius 2 is 1.70 bits per heavy atom. The average Bonchev–Trinajstić information content (AvgIpc) is 2.61. The highest BCUT2D eigenvalue weighted by Gasteiger charge is 2.15. The third kappa shape index (κ3) is 5.45. The number of amides is 2. The third-order valence-electron chi connectivity index (χ3n) is 3.61. The van der Waals surface area contributed by atoms with Crippen LogP contribution in [0.4, 0.5) is 5.69 Å². The molecule has 2 rings (SSSR count). The van der Waals surface area contributed by atoms with Gasteiger partial charge in [-0.3, -0.25) is 9.59 Å². The Morgan fingerprint density at radius 3 is 2.26 bits per heavy atom. The molecule has 2 amide bonds. The van der Waals surface area contributed by atoms with Gasteiger partial charge >= 0.3 is 11.8 Å². The Hall–Kier alpha value is -2.57. The van der Waals surface area contributed by atoms with E-state index in [4.69, 9.17) is 27.9 Å². The Balaban J connectivity index is 2.01. The number of hydrogen-bond donors (Lipinski definition) is 2. The zero-order valence-corrected chi connectivity index (χ0v) is 16.6. The normalized spacial score (nSPS) is 10.7. The number of carbonyl (C=O) groups excluding carboxylic acids is 2. The van der Waals surface area contributed by atoms with Crippen LogP contribution in [0.3, 0.4) is 0 Å². The summed E-state index contributed by atoms with van der Waals surface area (Å²) in [6, 6.07) is 8.74. The van der Waals surface area contributed by atoms with Crippen molar-refractivity contribution < 1.29 is 14.3 Å². The summed E-state index contributed by atoms with van der Waals surface area (Å²) in [6.07, 6.45) is 1.33. The van der Waals surface area contributed by atoms with Gasteiger partial charge in [0.25, 0.3) is 0 Å². The second kappa shape index (κ2) is 9.39. The molecule has 142 valence electrons. The molecule has 2 N–H and O–H groups in total. The lowest BCUT2D eigenvalue weighted by Gasteiger charge is -2.10. The van der Waals surface area contributed by atoms with E-state index in [-0.39, 0.29) is 0 Å². The number of para-hydroxylation sites is 1. The van der Waals surface area contributed by atoms with Gasteiger partial charge in [0.15, 0.2) is 5.75 Å². The molecule has 0 radical (unpaired) electrons. The van der Waals surface area contributed by atoms with E-state index in [0.717, 1.165) is 11.1 Å². The van der Waals surface area contributed by atoms with Gasteiger partial charge in [-0.25, -0.2) is 5.43 Å². The van der Waals surface area contributed by atoms with Crippen molar-refractivity contribution in [3.8, 4) is 5.75 Å². The number of nitrogens with zero attached hydrogens (tertiary/aromatic N) is 1. The fraction of sp³-hybridized carbons (Fsp3) is 0.211. The zero-order chi connectivity index (χ0) is 20.0. The summed E-state index contributed by atoms with van der Waals surface area (Å²) in [6.45, 7) is 5.94. The summed E-state index contributed by atoms with van der Waals surface area (Å²) in [5, 5.41) is 6.99. The summed E-state index contributed by atoms with van der Waals surface area (Å²) >= 11 is 12.2. The number of anilines is 1. The van der Waals surface area contributed by atoms with Gasteiger partial charge in [0, 0.05) is 5.69 Å². The third-order valence-corrected chi connectivity index (χ3v) is 4.18. The molecule has 6 nitrogen and oxygen atoms in total. The summed E-state index contributed by atoms with van der Waals surface area (Å²) in [4.78, 5) is 24.0. The van der Waals surface area contributed by atoms with E-state index in [9.17, 15) is 9.59 Å².